The van der Waals surface area contributed by atoms with Crippen LogP contribution >= 0.6 is 11.6 Å². The molecule has 0 bridgehead atoms. The molecule has 0 N–H and O–H groups in total. The number of para-hydroxylation sites is 1. The second kappa shape index (κ2) is 5.41. The minimum absolute atomic E-state index is 0.374. The van der Waals surface area contributed by atoms with Gasteiger partial charge in [0.1, 0.15) is 11.6 Å². The molecule has 0 spiro atoms. The van der Waals surface area contributed by atoms with Crippen LogP contribution in [0.3, 0.4) is 0 Å². The Morgan fingerprint density at radius 3 is 2.62 bits per heavy atom. The molecule has 0 fully saturated rings. The lowest BCUT2D eigenvalue weighted by Crippen LogP contribution is -2.00. The molecule has 0 aliphatic heterocycles. The van der Waals surface area contributed by atoms with E-state index in [2.05, 4.69) is 34.7 Å². The van der Waals surface area contributed by atoms with Crippen molar-refractivity contribution in [3.63, 3.8) is 0 Å². The van der Waals surface area contributed by atoms with E-state index in [9.17, 15) is 0 Å². The van der Waals surface area contributed by atoms with Crippen molar-refractivity contribution in [2.45, 2.75) is 19.7 Å². The fourth-order valence-electron chi connectivity index (χ4n) is 2.67. The monoisotopic (exact) mass is 300 g/mol. The first-order valence-electron chi connectivity index (χ1n) is 6.83. The summed E-state index contributed by atoms with van der Waals surface area (Å²) in [6.07, 6.45) is 0. The van der Waals surface area contributed by atoms with Gasteiger partial charge in [0.15, 0.2) is 0 Å². The third kappa shape index (κ3) is 2.28. The van der Waals surface area contributed by atoms with E-state index in [1.54, 1.807) is 7.11 Å². The van der Waals surface area contributed by atoms with E-state index in [1.807, 2.05) is 25.1 Å². The van der Waals surface area contributed by atoms with Crippen molar-refractivity contribution in [1.29, 1.82) is 0 Å². The van der Waals surface area contributed by atoms with Gasteiger partial charge >= 0.3 is 0 Å². The zero-order chi connectivity index (χ0) is 15.0. The predicted octanol–water partition coefficient (Wildman–Crippen LogP) is 4.39. The smallest absolute Gasteiger partial charge is 0.129 e. The van der Waals surface area contributed by atoms with Gasteiger partial charge in [-0.2, -0.15) is 0 Å². The fourth-order valence-corrected chi connectivity index (χ4v) is 2.85. The van der Waals surface area contributed by atoms with Crippen LogP contribution in [0.4, 0.5) is 0 Å². The van der Waals surface area contributed by atoms with Crippen LogP contribution < -0.4 is 4.74 Å². The molecule has 0 unspecified atom stereocenters. The molecule has 108 valence electrons. The topological polar surface area (TPSA) is 27.1 Å². The largest absolute Gasteiger partial charge is 0.496 e. The van der Waals surface area contributed by atoms with Gasteiger partial charge in [-0.1, -0.05) is 12.1 Å². The number of imidazole rings is 1. The van der Waals surface area contributed by atoms with Gasteiger partial charge in [-0.05, 0) is 49.2 Å². The lowest BCUT2D eigenvalue weighted by atomic mass is 10.2. The van der Waals surface area contributed by atoms with Crippen molar-refractivity contribution in [3.05, 3.63) is 53.3 Å². The highest BCUT2D eigenvalue weighted by Gasteiger charge is 2.13. The maximum absolute atomic E-state index is 6.10. The van der Waals surface area contributed by atoms with Crippen LogP contribution in [-0.4, -0.2) is 16.7 Å². The molecule has 2 aromatic carbocycles. The number of nitrogens with zero attached hydrogens (tertiary/aromatic N) is 2. The maximum Gasteiger partial charge on any atom is 0.129 e. The molecule has 0 atom stereocenters. The quantitative estimate of drug-likeness (QED) is 0.671. The molecule has 0 aliphatic carbocycles. The van der Waals surface area contributed by atoms with Crippen LogP contribution in [0.5, 0.6) is 5.75 Å². The lowest BCUT2D eigenvalue weighted by Gasteiger charge is -2.11. The Labute approximate surface area is 129 Å². The summed E-state index contributed by atoms with van der Waals surface area (Å²) in [5.41, 5.74) is 5.38. The molecule has 3 aromatic rings. The second-order valence-electron chi connectivity index (χ2n) is 5.09. The van der Waals surface area contributed by atoms with Crippen LogP contribution in [0.25, 0.3) is 16.7 Å². The Bertz CT molecular complexity index is 808. The molecule has 0 radical (unpaired) electrons. The van der Waals surface area contributed by atoms with E-state index in [0.717, 1.165) is 39.4 Å². The van der Waals surface area contributed by atoms with E-state index in [4.69, 9.17) is 16.3 Å². The molecule has 0 aliphatic rings. The first-order valence-corrected chi connectivity index (χ1v) is 7.37. The summed E-state index contributed by atoms with van der Waals surface area (Å²) >= 11 is 6.10. The Morgan fingerprint density at radius 1 is 1.14 bits per heavy atom. The lowest BCUT2D eigenvalue weighted by molar-refractivity contribution is 0.411. The minimum atomic E-state index is 0.374. The average Bonchev–Trinajstić information content (AvgIpc) is 2.87. The molecule has 3 nitrogen and oxygen atoms in total. The summed E-state index contributed by atoms with van der Waals surface area (Å²) in [7, 11) is 1.68. The number of ether oxygens (including phenoxy) is 1. The maximum atomic E-state index is 6.10. The zero-order valence-corrected chi connectivity index (χ0v) is 13.1. The number of rotatable bonds is 3. The molecular formula is C17H17ClN2O. The normalized spacial score (nSPS) is 11.0. The van der Waals surface area contributed by atoms with Gasteiger partial charge in [-0.3, -0.25) is 4.57 Å². The Balaban J connectivity index is 2.28. The van der Waals surface area contributed by atoms with E-state index in [0.29, 0.717) is 5.88 Å². The summed E-state index contributed by atoms with van der Waals surface area (Å²) in [6, 6.07) is 12.3. The number of halogens is 1. The number of benzene rings is 2. The van der Waals surface area contributed by atoms with Gasteiger partial charge in [0.05, 0.1) is 24.0 Å². The number of hydrogen-bond acceptors (Lipinski definition) is 2. The van der Waals surface area contributed by atoms with Gasteiger partial charge in [-0.25, -0.2) is 4.98 Å². The first kappa shape index (κ1) is 14.0. The third-order valence-electron chi connectivity index (χ3n) is 3.71. The fraction of sp³-hybridized carbons (Fsp3) is 0.235. The first-order chi connectivity index (χ1) is 10.2. The third-order valence-corrected chi connectivity index (χ3v) is 3.95. The molecule has 1 heterocycles. The van der Waals surface area contributed by atoms with Crippen molar-refractivity contribution < 1.29 is 4.74 Å². The molecule has 4 heteroatoms. The Morgan fingerprint density at radius 2 is 1.95 bits per heavy atom. The summed E-state index contributed by atoms with van der Waals surface area (Å²) in [6.45, 7) is 4.10. The summed E-state index contributed by atoms with van der Waals surface area (Å²) in [4.78, 5) is 4.68. The highest BCUT2D eigenvalue weighted by molar-refractivity contribution is 6.17. The minimum Gasteiger partial charge on any atom is -0.496 e. The number of methoxy groups -OCH3 is 1. The average molecular weight is 301 g/mol. The molecule has 0 saturated heterocycles. The summed E-state index contributed by atoms with van der Waals surface area (Å²) in [5, 5.41) is 0. The van der Waals surface area contributed by atoms with Crippen molar-refractivity contribution in [1.82, 2.24) is 9.55 Å². The van der Waals surface area contributed by atoms with Gasteiger partial charge in [-0.15, -0.1) is 11.6 Å². The molecule has 1 aromatic heterocycles. The van der Waals surface area contributed by atoms with E-state index < -0.39 is 0 Å². The number of alkyl halides is 1. The van der Waals surface area contributed by atoms with Gasteiger partial charge in [0, 0.05) is 5.69 Å². The molecule has 0 amide bonds. The van der Waals surface area contributed by atoms with Crippen LogP contribution in [0, 0.1) is 13.8 Å². The number of fused-ring (bicyclic) bond motifs is 1. The molecule has 0 saturated carbocycles. The van der Waals surface area contributed by atoms with Crippen LogP contribution in [0.1, 0.15) is 17.0 Å². The van der Waals surface area contributed by atoms with Crippen molar-refractivity contribution >= 4 is 22.6 Å². The Hall–Kier alpha value is -2.00. The Kier molecular flexibility index (Phi) is 3.60. The molecule has 21 heavy (non-hydrogen) atoms. The molecule has 3 rings (SSSR count). The van der Waals surface area contributed by atoms with Crippen LogP contribution in [0.2, 0.25) is 0 Å². The second-order valence-corrected chi connectivity index (χ2v) is 5.36. The number of aryl methyl sites for hydroxylation is 2. The molecular weight excluding hydrogens is 284 g/mol. The van der Waals surface area contributed by atoms with E-state index >= 15 is 0 Å². The predicted molar refractivity (Wildman–Crippen MR) is 86.7 cm³/mol. The van der Waals surface area contributed by atoms with Crippen LogP contribution in [-0.2, 0) is 5.88 Å². The van der Waals surface area contributed by atoms with Gasteiger partial charge < -0.3 is 4.74 Å². The van der Waals surface area contributed by atoms with Gasteiger partial charge in [0.2, 0.25) is 0 Å². The SMILES string of the molecule is COc1ccc(-n2c(CCl)nc3c(C)cccc32)cc1C. The zero-order valence-electron chi connectivity index (χ0n) is 12.4. The summed E-state index contributed by atoms with van der Waals surface area (Å²) < 4.78 is 7.44. The van der Waals surface area contributed by atoms with Crippen molar-refractivity contribution in [3.8, 4) is 11.4 Å². The standard InChI is InChI=1S/C17H17ClN2O/c1-11-5-4-6-14-17(11)19-16(10-18)20(14)13-7-8-15(21-3)12(2)9-13/h4-9H,10H2,1-3H3. The van der Waals surface area contributed by atoms with Crippen molar-refractivity contribution in [2.75, 3.05) is 7.11 Å². The highest BCUT2D eigenvalue weighted by Crippen LogP contribution is 2.27. The van der Waals surface area contributed by atoms with E-state index in [-0.39, 0.29) is 0 Å². The summed E-state index contributed by atoms with van der Waals surface area (Å²) in [5.74, 6) is 2.11. The van der Waals surface area contributed by atoms with Crippen LogP contribution in [0.15, 0.2) is 36.4 Å². The highest BCUT2D eigenvalue weighted by atomic mass is 35.5. The number of aromatic nitrogens is 2. The van der Waals surface area contributed by atoms with E-state index in [1.165, 1.54) is 0 Å². The van der Waals surface area contributed by atoms with Gasteiger partial charge in [0.25, 0.3) is 0 Å². The number of hydrogen-bond donors (Lipinski definition) is 0. The van der Waals surface area contributed by atoms with Crippen molar-refractivity contribution in [2.24, 2.45) is 0 Å².